The Kier molecular flexibility index (Phi) is 4.38. The van der Waals surface area contributed by atoms with Crippen LogP contribution in [0.5, 0.6) is 0 Å². The Morgan fingerprint density at radius 1 is 1.14 bits per heavy atom. The van der Waals surface area contributed by atoms with Crippen molar-refractivity contribution in [2.24, 2.45) is 0 Å². The highest BCUT2D eigenvalue weighted by atomic mass is 32.1. The minimum atomic E-state index is -0.210. The Morgan fingerprint density at radius 3 is 2.86 bits per heavy atom. The van der Waals surface area contributed by atoms with E-state index in [0.29, 0.717) is 11.1 Å². The van der Waals surface area contributed by atoms with Gasteiger partial charge in [-0.1, -0.05) is 18.2 Å². The van der Waals surface area contributed by atoms with Gasteiger partial charge in [-0.15, -0.1) is 11.3 Å². The van der Waals surface area contributed by atoms with Crippen LogP contribution in [-0.4, -0.2) is 15.9 Å². The number of H-pyrrole nitrogens is 1. The van der Waals surface area contributed by atoms with E-state index < -0.39 is 0 Å². The monoisotopic (exact) mass is 398 g/mol. The van der Waals surface area contributed by atoms with Crippen molar-refractivity contribution >= 4 is 33.3 Å². The molecule has 0 bridgehead atoms. The average Bonchev–Trinajstić information content (AvgIpc) is 3.34. The van der Waals surface area contributed by atoms with Crippen molar-refractivity contribution in [3.05, 3.63) is 70.1 Å². The third kappa shape index (κ3) is 3.20. The van der Waals surface area contributed by atoms with Crippen LogP contribution >= 0.6 is 11.3 Å². The summed E-state index contributed by atoms with van der Waals surface area (Å²) in [5.74, 6) is 0.588. The number of amides is 1. The zero-order chi connectivity index (χ0) is 19.8. The molecule has 1 aliphatic carbocycles. The zero-order valence-corrected chi connectivity index (χ0v) is 16.5. The smallest absolute Gasteiger partial charge is 0.256 e. The molecule has 5 nitrogen and oxygen atoms in total. The van der Waals surface area contributed by atoms with Crippen LogP contribution < -0.4 is 5.32 Å². The fraction of sp³-hybridized carbons (Fsp3) is 0.174. The molecule has 0 saturated carbocycles. The van der Waals surface area contributed by atoms with Crippen molar-refractivity contribution in [3.63, 3.8) is 0 Å². The lowest BCUT2D eigenvalue weighted by atomic mass is 9.95. The lowest BCUT2D eigenvalue weighted by Gasteiger charge is -2.12. The molecular formula is C23H18N4OS. The molecule has 1 aliphatic rings. The lowest BCUT2D eigenvalue weighted by Crippen LogP contribution is -2.12. The molecule has 142 valence electrons. The number of imidazole rings is 1. The highest BCUT2D eigenvalue weighted by Crippen LogP contribution is 2.43. The van der Waals surface area contributed by atoms with Gasteiger partial charge < -0.3 is 10.3 Å². The third-order valence-electron chi connectivity index (χ3n) is 5.28. The Hall–Kier alpha value is -3.43. The maximum atomic E-state index is 12.9. The van der Waals surface area contributed by atoms with Crippen LogP contribution in [0.3, 0.4) is 0 Å². The van der Waals surface area contributed by atoms with Crippen LogP contribution in [0.25, 0.3) is 22.4 Å². The van der Waals surface area contributed by atoms with Crippen LogP contribution in [0.15, 0.2) is 48.5 Å². The number of anilines is 1. The standard InChI is InChI=1S/C23H18N4OS/c24-13-14-6-5-7-15(12-14)22(28)27-23-20(16-8-1-4-11-19(16)29-23)21-25-17-9-2-3-10-18(17)26-21/h2-3,5-7,9-10,12H,1,4,8,11H2,(H,25,26)(H,27,28). The Bertz CT molecular complexity index is 1240. The molecule has 0 spiro atoms. The molecule has 1 amide bonds. The van der Waals surface area contributed by atoms with Crippen LogP contribution in [0.1, 0.15) is 39.2 Å². The number of rotatable bonds is 3. The summed E-state index contributed by atoms with van der Waals surface area (Å²) in [7, 11) is 0. The van der Waals surface area contributed by atoms with Gasteiger partial charge in [0.2, 0.25) is 0 Å². The topological polar surface area (TPSA) is 81.6 Å². The first kappa shape index (κ1) is 17.7. The van der Waals surface area contributed by atoms with Crippen molar-refractivity contribution in [2.45, 2.75) is 25.7 Å². The van der Waals surface area contributed by atoms with Gasteiger partial charge in [0.05, 0.1) is 28.2 Å². The van der Waals surface area contributed by atoms with E-state index in [2.05, 4.69) is 16.4 Å². The van der Waals surface area contributed by atoms with Gasteiger partial charge in [0, 0.05) is 10.4 Å². The first-order chi connectivity index (χ1) is 14.2. The largest absolute Gasteiger partial charge is 0.338 e. The summed E-state index contributed by atoms with van der Waals surface area (Å²) in [5, 5.41) is 13.0. The van der Waals surface area contributed by atoms with Crippen molar-refractivity contribution in [3.8, 4) is 17.5 Å². The van der Waals surface area contributed by atoms with E-state index in [1.165, 1.54) is 16.9 Å². The summed E-state index contributed by atoms with van der Waals surface area (Å²) in [6, 6.07) is 16.8. The number of para-hydroxylation sites is 2. The number of carbonyl (C=O) groups is 1. The van der Waals surface area contributed by atoms with Crippen LogP contribution in [0.2, 0.25) is 0 Å². The molecule has 2 N–H and O–H groups in total. The fourth-order valence-corrected chi connectivity index (χ4v) is 5.17. The van der Waals surface area contributed by atoms with E-state index in [1.807, 2.05) is 24.3 Å². The predicted octanol–water partition coefficient (Wildman–Crippen LogP) is 5.29. The van der Waals surface area contributed by atoms with E-state index in [9.17, 15) is 4.79 Å². The molecule has 5 rings (SSSR count). The van der Waals surface area contributed by atoms with Crippen molar-refractivity contribution in [1.29, 1.82) is 5.26 Å². The second-order valence-electron chi connectivity index (χ2n) is 7.16. The van der Waals surface area contributed by atoms with Gasteiger partial charge in [-0.3, -0.25) is 4.79 Å². The van der Waals surface area contributed by atoms with E-state index >= 15 is 0 Å². The molecule has 0 radical (unpaired) electrons. The molecule has 2 aromatic carbocycles. The summed E-state index contributed by atoms with van der Waals surface area (Å²) >= 11 is 1.64. The van der Waals surface area contributed by atoms with E-state index in [-0.39, 0.29) is 5.91 Å². The number of benzene rings is 2. The van der Waals surface area contributed by atoms with Gasteiger partial charge >= 0.3 is 0 Å². The van der Waals surface area contributed by atoms with Crippen molar-refractivity contribution in [1.82, 2.24) is 9.97 Å². The summed E-state index contributed by atoms with van der Waals surface area (Å²) in [6.45, 7) is 0. The van der Waals surface area contributed by atoms with Gasteiger partial charge in [-0.05, 0) is 61.6 Å². The number of nitrogens with zero attached hydrogens (tertiary/aromatic N) is 2. The minimum absolute atomic E-state index is 0.210. The molecule has 0 unspecified atom stereocenters. The van der Waals surface area contributed by atoms with Gasteiger partial charge in [0.15, 0.2) is 0 Å². The van der Waals surface area contributed by atoms with Gasteiger partial charge in [-0.2, -0.15) is 5.26 Å². The van der Waals surface area contributed by atoms with E-state index in [1.54, 1.807) is 35.6 Å². The Labute approximate surface area is 172 Å². The fourth-order valence-electron chi connectivity index (χ4n) is 3.88. The molecule has 0 fully saturated rings. The summed E-state index contributed by atoms with van der Waals surface area (Å²) in [5.41, 5.74) is 5.15. The highest BCUT2D eigenvalue weighted by Gasteiger charge is 2.25. The number of hydrogen-bond donors (Lipinski definition) is 2. The van der Waals surface area contributed by atoms with Gasteiger partial charge in [0.25, 0.3) is 5.91 Å². The predicted molar refractivity (Wildman–Crippen MR) is 115 cm³/mol. The molecule has 2 heterocycles. The second-order valence-corrected chi connectivity index (χ2v) is 8.27. The maximum Gasteiger partial charge on any atom is 0.256 e. The quantitative estimate of drug-likeness (QED) is 0.492. The van der Waals surface area contributed by atoms with E-state index in [0.717, 1.165) is 46.7 Å². The van der Waals surface area contributed by atoms with E-state index in [4.69, 9.17) is 10.2 Å². The number of nitriles is 1. The number of aromatic nitrogens is 2. The third-order valence-corrected chi connectivity index (χ3v) is 6.49. The first-order valence-electron chi connectivity index (χ1n) is 9.64. The molecule has 6 heteroatoms. The summed E-state index contributed by atoms with van der Waals surface area (Å²) in [6.07, 6.45) is 4.35. The van der Waals surface area contributed by atoms with Gasteiger partial charge in [0.1, 0.15) is 10.8 Å². The van der Waals surface area contributed by atoms with Crippen LogP contribution in [0.4, 0.5) is 5.00 Å². The normalized spacial score (nSPS) is 13.1. The second kappa shape index (κ2) is 7.19. The zero-order valence-electron chi connectivity index (χ0n) is 15.7. The first-order valence-corrected chi connectivity index (χ1v) is 10.5. The molecule has 4 aromatic rings. The number of aromatic amines is 1. The lowest BCUT2D eigenvalue weighted by molar-refractivity contribution is 0.102. The molecular weight excluding hydrogens is 380 g/mol. The van der Waals surface area contributed by atoms with Crippen molar-refractivity contribution < 1.29 is 4.79 Å². The Morgan fingerprint density at radius 2 is 2.00 bits per heavy atom. The van der Waals surface area contributed by atoms with Crippen LogP contribution in [-0.2, 0) is 12.8 Å². The molecule has 0 aliphatic heterocycles. The van der Waals surface area contributed by atoms with Crippen LogP contribution in [0, 0.1) is 11.3 Å². The molecule has 0 saturated heterocycles. The SMILES string of the molecule is N#Cc1cccc(C(=O)Nc2sc3c(c2-c2nc4ccccc4[nH]2)CCCC3)c1. The Balaban J connectivity index is 1.58. The summed E-state index contributed by atoms with van der Waals surface area (Å²) in [4.78, 5) is 22.4. The maximum absolute atomic E-state index is 12.9. The number of thiophene rings is 1. The summed E-state index contributed by atoms with van der Waals surface area (Å²) < 4.78 is 0. The van der Waals surface area contributed by atoms with Crippen molar-refractivity contribution in [2.75, 3.05) is 5.32 Å². The molecule has 0 atom stereocenters. The molecule has 29 heavy (non-hydrogen) atoms. The number of aryl methyl sites for hydroxylation is 1. The number of nitrogens with one attached hydrogen (secondary N) is 2. The highest BCUT2D eigenvalue weighted by molar-refractivity contribution is 7.17. The molecule has 2 aromatic heterocycles. The van der Waals surface area contributed by atoms with Gasteiger partial charge in [-0.25, -0.2) is 4.98 Å². The number of fused-ring (bicyclic) bond motifs is 2. The minimum Gasteiger partial charge on any atom is -0.338 e. The number of carbonyl (C=O) groups excluding carboxylic acids is 1. The number of hydrogen-bond acceptors (Lipinski definition) is 4. The average molecular weight is 398 g/mol.